The van der Waals surface area contributed by atoms with Crippen LogP contribution < -0.4 is 9.16 Å². The van der Waals surface area contributed by atoms with Gasteiger partial charge in [0.1, 0.15) is 5.75 Å². The van der Waals surface area contributed by atoms with Crippen molar-refractivity contribution in [1.82, 2.24) is 0 Å². The molecule has 0 fully saturated rings. The molecule has 0 saturated heterocycles. The van der Waals surface area contributed by atoms with Gasteiger partial charge in [-0.15, -0.1) is 0 Å². The first-order chi connectivity index (χ1) is 9.56. The fraction of sp³-hybridized carbons (Fsp3) is 0.562. The highest BCUT2D eigenvalue weighted by atomic mass is 28.4. The summed E-state index contributed by atoms with van der Waals surface area (Å²) >= 11 is 0. The van der Waals surface area contributed by atoms with E-state index < -0.39 is 14.3 Å². The molecule has 1 aromatic rings. The Balaban J connectivity index is 2.96. The smallest absolute Gasteiger partial charge is 0.303 e. The number of ether oxygens (including phenoxy) is 1. The topological polar surface area (TPSA) is 55.8 Å². The van der Waals surface area contributed by atoms with Crippen LogP contribution in [0.2, 0.25) is 18.1 Å². The molecule has 0 atom stereocenters. The lowest BCUT2D eigenvalue weighted by Gasteiger charge is -2.36. The number of carbonyl (C=O) groups is 1. The van der Waals surface area contributed by atoms with Gasteiger partial charge in [0.05, 0.1) is 7.11 Å². The number of aliphatic carboxylic acids is 1. The number of methoxy groups -OCH3 is 1. The van der Waals surface area contributed by atoms with Crippen LogP contribution in [0.1, 0.15) is 32.8 Å². The third-order valence-corrected chi connectivity index (χ3v) is 8.37. The molecular formula is C16H26O4Si. The van der Waals surface area contributed by atoms with E-state index in [1.165, 1.54) is 0 Å². The molecule has 0 radical (unpaired) electrons. The maximum Gasteiger partial charge on any atom is 0.303 e. The van der Waals surface area contributed by atoms with Gasteiger partial charge in [0, 0.05) is 6.42 Å². The minimum absolute atomic E-state index is 0.111. The SMILES string of the molecule is COc1cc(CCC(=O)O)ccc1O[Si](C)(C)C(C)(C)C. The molecule has 0 spiro atoms. The molecule has 118 valence electrons. The Kier molecular flexibility index (Phi) is 5.45. The normalized spacial score (nSPS) is 12.1. The maximum atomic E-state index is 10.6. The second-order valence-corrected chi connectivity index (χ2v) is 11.5. The Morgan fingerprint density at radius 3 is 2.33 bits per heavy atom. The summed E-state index contributed by atoms with van der Waals surface area (Å²) in [6.45, 7) is 10.9. The Bertz CT molecular complexity index is 503. The number of rotatable bonds is 6. The summed E-state index contributed by atoms with van der Waals surface area (Å²) in [4.78, 5) is 10.6. The molecule has 21 heavy (non-hydrogen) atoms. The molecule has 0 saturated carbocycles. The molecule has 0 aromatic heterocycles. The average Bonchev–Trinajstić information content (AvgIpc) is 2.35. The molecule has 0 bridgehead atoms. The maximum absolute atomic E-state index is 10.6. The van der Waals surface area contributed by atoms with Crippen molar-refractivity contribution in [2.45, 2.75) is 51.7 Å². The van der Waals surface area contributed by atoms with Gasteiger partial charge in [-0.1, -0.05) is 26.8 Å². The molecular weight excluding hydrogens is 284 g/mol. The summed E-state index contributed by atoms with van der Waals surface area (Å²) in [7, 11) is -0.315. The van der Waals surface area contributed by atoms with Gasteiger partial charge in [0.25, 0.3) is 8.32 Å². The minimum atomic E-state index is -1.92. The summed E-state index contributed by atoms with van der Waals surface area (Å²) < 4.78 is 11.7. The van der Waals surface area contributed by atoms with Crippen LogP contribution >= 0.6 is 0 Å². The molecule has 1 N–H and O–H groups in total. The van der Waals surface area contributed by atoms with E-state index in [0.717, 1.165) is 11.3 Å². The van der Waals surface area contributed by atoms with Crippen LogP contribution in [0.25, 0.3) is 0 Å². The third kappa shape index (κ3) is 4.77. The van der Waals surface area contributed by atoms with E-state index >= 15 is 0 Å². The largest absolute Gasteiger partial charge is 0.541 e. The Morgan fingerprint density at radius 2 is 1.86 bits per heavy atom. The zero-order valence-electron chi connectivity index (χ0n) is 13.8. The minimum Gasteiger partial charge on any atom is -0.541 e. The van der Waals surface area contributed by atoms with Crippen molar-refractivity contribution >= 4 is 14.3 Å². The predicted molar refractivity (Wildman–Crippen MR) is 86.8 cm³/mol. The molecule has 0 aliphatic carbocycles. The third-order valence-electron chi connectivity index (χ3n) is 4.03. The lowest BCUT2D eigenvalue weighted by molar-refractivity contribution is -0.136. The number of hydrogen-bond donors (Lipinski definition) is 1. The number of carboxylic acid groups (broad SMARTS) is 1. The van der Waals surface area contributed by atoms with E-state index in [0.29, 0.717) is 12.2 Å². The van der Waals surface area contributed by atoms with E-state index in [1.807, 2.05) is 18.2 Å². The molecule has 4 nitrogen and oxygen atoms in total. The van der Waals surface area contributed by atoms with Crippen LogP contribution in [-0.2, 0) is 11.2 Å². The zero-order valence-corrected chi connectivity index (χ0v) is 14.8. The van der Waals surface area contributed by atoms with Crippen LogP contribution in [0, 0.1) is 0 Å². The van der Waals surface area contributed by atoms with E-state index in [4.69, 9.17) is 14.3 Å². The summed E-state index contributed by atoms with van der Waals surface area (Å²) in [6.07, 6.45) is 0.609. The molecule has 1 rings (SSSR count). The molecule has 5 heteroatoms. The van der Waals surface area contributed by atoms with Gasteiger partial charge in [-0.3, -0.25) is 4.79 Å². The monoisotopic (exact) mass is 310 g/mol. The second kappa shape index (κ2) is 6.51. The molecule has 0 heterocycles. The second-order valence-electron chi connectivity index (χ2n) is 6.74. The Hall–Kier alpha value is -1.49. The van der Waals surface area contributed by atoms with Crippen LogP contribution in [0.15, 0.2) is 18.2 Å². The molecule has 0 aliphatic heterocycles. The van der Waals surface area contributed by atoms with Gasteiger partial charge < -0.3 is 14.3 Å². The lowest BCUT2D eigenvalue weighted by Crippen LogP contribution is -2.43. The summed E-state index contributed by atoms with van der Waals surface area (Å²) in [5, 5.41) is 8.86. The summed E-state index contributed by atoms with van der Waals surface area (Å²) in [5.74, 6) is 0.612. The number of hydrogen-bond acceptors (Lipinski definition) is 3. The van der Waals surface area contributed by atoms with Crippen LogP contribution in [0.3, 0.4) is 0 Å². The Morgan fingerprint density at radius 1 is 1.24 bits per heavy atom. The average molecular weight is 310 g/mol. The summed E-state index contributed by atoms with van der Waals surface area (Å²) in [5.41, 5.74) is 0.942. The van der Waals surface area contributed by atoms with Crippen molar-refractivity contribution in [2.75, 3.05) is 7.11 Å². The molecule has 0 aliphatic rings. The fourth-order valence-electron chi connectivity index (χ4n) is 1.63. The quantitative estimate of drug-likeness (QED) is 0.804. The van der Waals surface area contributed by atoms with Gasteiger partial charge in [-0.05, 0) is 42.2 Å². The standard InChI is InChI=1S/C16H26O4Si/c1-16(2,3)21(5,6)20-13-9-7-12(8-10-15(17)18)11-14(13)19-4/h7,9,11H,8,10H2,1-6H3,(H,17,18). The first kappa shape index (κ1) is 17.6. The predicted octanol–water partition coefficient (Wildman–Crippen LogP) is 4.10. The van der Waals surface area contributed by atoms with Gasteiger partial charge in [0.2, 0.25) is 0 Å². The van der Waals surface area contributed by atoms with Crippen LogP contribution in [0.5, 0.6) is 11.5 Å². The van der Waals surface area contributed by atoms with E-state index in [1.54, 1.807) is 7.11 Å². The molecule has 0 unspecified atom stereocenters. The summed E-state index contributed by atoms with van der Waals surface area (Å²) in [6, 6.07) is 5.66. The zero-order chi connectivity index (χ0) is 16.3. The number of carboxylic acids is 1. The highest BCUT2D eigenvalue weighted by molar-refractivity contribution is 6.74. The number of aryl methyl sites for hydroxylation is 1. The van der Waals surface area contributed by atoms with Crippen molar-refractivity contribution in [1.29, 1.82) is 0 Å². The van der Waals surface area contributed by atoms with Crippen molar-refractivity contribution in [3.8, 4) is 11.5 Å². The van der Waals surface area contributed by atoms with Gasteiger partial charge in [-0.25, -0.2) is 0 Å². The first-order valence-electron chi connectivity index (χ1n) is 7.14. The van der Waals surface area contributed by atoms with Gasteiger partial charge in [-0.2, -0.15) is 0 Å². The van der Waals surface area contributed by atoms with Crippen molar-refractivity contribution in [2.24, 2.45) is 0 Å². The van der Waals surface area contributed by atoms with Crippen molar-refractivity contribution in [3.05, 3.63) is 23.8 Å². The highest BCUT2D eigenvalue weighted by Crippen LogP contribution is 2.40. The van der Waals surface area contributed by atoms with E-state index in [2.05, 4.69) is 33.9 Å². The van der Waals surface area contributed by atoms with Crippen LogP contribution in [-0.4, -0.2) is 26.5 Å². The molecule has 1 aromatic carbocycles. The van der Waals surface area contributed by atoms with Crippen molar-refractivity contribution in [3.63, 3.8) is 0 Å². The highest BCUT2D eigenvalue weighted by Gasteiger charge is 2.39. The lowest BCUT2D eigenvalue weighted by atomic mass is 10.1. The number of benzene rings is 1. The van der Waals surface area contributed by atoms with Gasteiger partial charge in [0.15, 0.2) is 5.75 Å². The first-order valence-corrected chi connectivity index (χ1v) is 10.1. The van der Waals surface area contributed by atoms with E-state index in [-0.39, 0.29) is 11.5 Å². The van der Waals surface area contributed by atoms with Crippen molar-refractivity contribution < 1.29 is 19.1 Å². The van der Waals surface area contributed by atoms with Crippen LogP contribution in [0.4, 0.5) is 0 Å². The fourth-order valence-corrected chi connectivity index (χ4v) is 2.66. The van der Waals surface area contributed by atoms with E-state index in [9.17, 15) is 4.79 Å². The molecule has 0 amide bonds. The van der Waals surface area contributed by atoms with Gasteiger partial charge >= 0.3 is 5.97 Å². The Labute approximate surface area is 128 Å².